The molecule has 11 nitrogen and oxygen atoms in total. The zero-order valence-corrected chi connectivity index (χ0v) is 12.1. The van der Waals surface area contributed by atoms with Crippen molar-refractivity contribution in [2.75, 3.05) is 13.2 Å². The van der Waals surface area contributed by atoms with E-state index >= 15 is 0 Å². The van der Waals surface area contributed by atoms with E-state index in [0.717, 1.165) is 0 Å². The van der Waals surface area contributed by atoms with Crippen LogP contribution in [0.1, 0.15) is 0 Å². The van der Waals surface area contributed by atoms with Gasteiger partial charge in [0.1, 0.15) is 42.7 Å². The van der Waals surface area contributed by atoms with Crippen LogP contribution in [0.4, 0.5) is 0 Å². The molecule has 10 atom stereocenters. The third kappa shape index (κ3) is 3.65. The van der Waals surface area contributed by atoms with Crippen molar-refractivity contribution in [3.05, 3.63) is 0 Å². The zero-order valence-electron chi connectivity index (χ0n) is 12.1. The second-order valence-corrected chi connectivity index (χ2v) is 5.62. The maximum atomic E-state index is 9.88. The van der Waals surface area contributed by atoms with E-state index in [9.17, 15) is 25.5 Å². The van der Waals surface area contributed by atoms with Gasteiger partial charge in [0.2, 0.25) is 0 Å². The Morgan fingerprint density at radius 2 is 1.17 bits per heavy atom. The molecule has 2 rings (SSSR count). The molecule has 2 saturated heterocycles. The highest BCUT2D eigenvalue weighted by molar-refractivity contribution is 4.93. The Kier molecular flexibility index (Phi) is 6.27. The summed E-state index contributed by atoms with van der Waals surface area (Å²) in [6.07, 6.45) is -13.0. The predicted octanol–water partition coefficient (Wildman–Crippen LogP) is -5.43. The molecular weight excluding hydrogens is 318 g/mol. The Hall–Kier alpha value is -0.440. The quantitative estimate of drug-likeness (QED) is 0.243. The Morgan fingerprint density at radius 1 is 0.696 bits per heavy atom. The molecule has 0 amide bonds. The molecule has 9 N–H and O–H groups in total. The van der Waals surface area contributed by atoms with Crippen molar-refractivity contribution in [3.8, 4) is 0 Å². The summed E-state index contributed by atoms with van der Waals surface area (Å²) >= 11 is 0. The van der Waals surface area contributed by atoms with Gasteiger partial charge in [-0.1, -0.05) is 0 Å². The lowest BCUT2D eigenvalue weighted by molar-refractivity contribution is -0.361. The third-order valence-electron chi connectivity index (χ3n) is 4.05. The van der Waals surface area contributed by atoms with Crippen molar-refractivity contribution in [3.63, 3.8) is 0 Å². The molecule has 0 bridgehead atoms. The summed E-state index contributed by atoms with van der Waals surface area (Å²) in [5.74, 6) is 0. The summed E-state index contributed by atoms with van der Waals surface area (Å²) in [4.78, 5) is 0. The average Bonchev–Trinajstić information content (AvgIpc) is 2.55. The molecular formula is C12H23NO10. The number of aliphatic hydroxyl groups is 7. The second-order valence-electron chi connectivity index (χ2n) is 5.62. The van der Waals surface area contributed by atoms with E-state index in [4.69, 9.17) is 30.2 Å². The van der Waals surface area contributed by atoms with E-state index in [1.807, 2.05) is 0 Å². The molecule has 0 saturated carbocycles. The Bertz CT molecular complexity index is 349. The topological polar surface area (TPSA) is 195 Å². The number of hydrogen-bond acceptors (Lipinski definition) is 11. The minimum Gasteiger partial charge on any atom is -0.394 e. The van der Waals surface area contributed by atoms with Crippen LogP contribution in [-0.2, 0) is 14.2 Å². The van der Waals surface area contributed by atoms with Crippen LogP contribution in [0.2, 0.25) is 0 Å². The highest BCUT2D eigenvalue weighted by Gasteiger charge is 2.48. The van der Waals surface area contributed by atoms with E-state index < -0.39 is 74.6 Å². The largest absolute Gasteiger partial charge is 0.394 e. The number of aliphatic hydroxyl groups excluding tert-OH is 7. The Labute approximate surface area is 131 Å². The van der Waals surface area contributed by atoms with Crippen LogP contribution in [0.3, 0.4) is 0 Å². The number of nitrogens with two attached hydrogens (primary N) is 1. The molecule has 0 aromatic rings. The van der Waals surface area contributed by atoms with Crippen molar-refractivity contribution in [1.29, 1.82) is 0 Å². The van der Waals surface area contributed by atoms with Crippen molar-refractivity contribution in [2.24, 2.45) is 5.73 Å². The first kappa shape index (κ1) is 18.9. The van der Waals surface area contributed by atoms with E-state index in [0.29, 0.717) is 0 Å². The van der Waals surface area contributed by atoms with E-state index in [2.05, 4.69) is 0 Å². The molecule has 0 aliphatic carbocycles. The van der Waals surface area contributed by atoms with Gasteiger partial charge in [-0.15, -0.1) is 0 Å². The van der Waals surface area contributed by atoms with Gasteiger partial charge in [-0.05, 0) is 0 Å². The number of ether oxygens (including phenoxy) is 3. The molecule has 2 aliphatic heterocycles. The number of rotatable bonds is 4. The van der Waals surface area contributed by atoms with Gasteiger partial charge in [0.25, 0.3) is 0 Å². The van der Waals surface area contributed by atoms with Crippen LogP contribution in [0.5, 0.6) is 0 Å². The second kappa shape index (κ2) is 7.63. The van der Waals surface area contributed by atoms with E-state index in [-0.39, 0.29) is 0 Å². The van der Waals surface area contributed by atoms with Gasteiger partial charge in [0.05, 0.1) is 19.3 Å². The normalized spacial score (nSPS) is 51.7. The van der Waals surface area contributed by atoms with Crippen LogP contribution < -0.4 is 5.73 Å². The first-order chi connectivity index (χ1) is 10.8. The van der Waals surface area contributed by atoms with Gasteiger partial charge in [0.15, 0.2) is 12.6 Å². The summed E-state index contributed by atoms with van der Waals surface area (Å²) in [5, 5.41) is 67.0. The van der Waals surface area contributed by atoms with Crippen molar-refractivity contribution >= 4 is 0 Å². The molecule has 23 heavy (non-hydrogen) atoms. The van der Waals surface area contributed by atoms with Gasteiger partial charge in [-0.3, -0.25) is 0 Å². The van der Waals surface area contributed by atoms with Crippen LogP contribution in [-0.4, -0.2) is 110 Å². The first-order valence-corrected chi connectivity index (χ1v) is 7.15. The smallest absolute Gasteiger partial charge is 0.189 e. The first-order valence-electron chi connectivity index (χ1n) is 7.15. The predicted molar refractivity (Wildman–Crippen MR) is 70.6 cm³/mol. The molecule has 136 valence electrons. The van der Waals surface area contributed by atoms with Gasteiger partial charge in [-0.2, -0.15) is 0 Å². The molecule has 0 aromatic carbocycles. The molecule has 2 aliphatic rings. The third-order valence-corrected chi connectivity index (χ3v) is 4.05. The lowest BCUT2D eigenvalue weighted by Gasteiger charge is -2.45. The van der Waals surface area contributed by atoms with Gasteiger partial charge in [0, 0.05) is 0 Å². The highest BCUT2D eigenvalue weighted by atomic mass is 16.8. The maximum absolute atomic E-state index is 9.88. The summed E-state index contributed by atoms with van der Waals surface area (Å²) < 4.78 is 15.6. The van der Waals surface area contributed by atoms with Gasteiger partial charge < -0.3 is 55.7 Å². The fraction of sp³-hybridized carbons (Fsp3) is 1.00. The number of hydrogen-bond donors (Lipinski definition) is 8. The molecule has 0 radical (unpaired) electrons. The van der Waals surface area contributed by atoms with Crippen molar-refractivity contribution < 1.29 is 50.0 Å². The van der Waals surface area contributed by atoms with Crippen molar-refractivity contribution in [1.82, 2.24) is 0 Å². The highest BCUT2D eigenvalue weighted by Crippen LogP contribution is 2.27. The van der Waals surface area contributed by atoms with E-state index in [1.54, 1.807) is 0 Å². The van der Waals surface area contributed by atoms with Crippen LogP contribution in [0, 0.1) is 0 Å². The maximum Gasteiger partial charge on any atom is 0.189 e. The fourth-order valence-electron chi connectivity index (χ4n) is 2.54. The van der Waals surface area contributed by atoms with Gasteiger partial charge in [-0.25, -0.2) is 0 Å². The lowest BCUT2D eigenvalue weighted by atomic mass is 9.97. The zero-order chi connectivity index (χ0) is 17.3. The van der Waals surface area contributed by atoms with Gasteiger partial charge >= 0.3 is 0 Å². The fourth-order valence-corrected chi connectivity index (χ4v) is 2.54. The molecule has 0 aromatic heterocycles. The summed E-state index contributed by atoms with van der Waals surface area (Å²) in [6.45, 7) is -1.25. The summed E-state index contributed by atoms with van der Waals surface area (Å²) in [5.41, 5.74) is 5.68. The minimum absolute atomic E-state index is 0.612. The molecule has 2 heterocycles. The van der Waals surface area contributed by atoms with E-state index in [1.165, 1.54) is 0 Å². The molecule has 2 fully saturated rings. The lowest BCUT2D eigenvalue weighted by Crippen LogP contribution is -2.65. The Morgan fingerprint density at radius 3 is 1.70 bits per heavy atom. The minimum atomic E-state index is -1.67. The van der Waals surface area contributed by atoms with Crippen LogP contribution in [0.25, 0.3) is 0 Å². The monoisotopic (exact) mass is 341 g/mol. The molecule has 0 unspecified atom stereocenters. The Balaban J connectivity index is 2.07. The summed E-state index contributed by atoms with van der Waals surface area (Å²) in [7, 11) is 0. The van der Waals surface area contributed by atoms with Crippen LogP contribution >= 0.6 is 0 Å². The standard InChI is InChI=1S/C12H23NO10/c13-5-8(18)6(16)3(1-14)21-11(5)23-12-10(20)9(19)7(17)4(2-15)22-12/h3-12,14-20H,1-2,13H2/t3-,4-,5-,6-,7-,8-,9+,10+,11-,12+/m1/s1. The molecule has 11 heteroatoms. The summed E-state index contributed by atoms with van der Waals surface area (Å²) in [6, 6.07) is -1.22. The van der Waals surface area contributed by atoms with Crippen LogP contribution in [0.15, 0.2) is 0 Å². The average molecular weight is 341 g/mol. The SMILES string of the molecule is N[C@H]1[C@@H](O[C@@H]2O[C@H](CO)[C@@H](O)[C@H](O)[C@@H]2O)O[C@H](CO)[C@@H](O)[C@@H]1O. The molecule has 0 spiro atoms. The van der Waals surface area contributed by atoms with Crippen molar-refractivity contribution in [2.45, 2.75) is 61.3 Å².